The number of hydrogen-bond acceptors (Lipinski definition) is 4. The second kappa shape index (κ2) is 4.78. The normalized spacial score (nSPS) is 10.4. The standard InChI is InChI=1S/C2N2O4S2/c5-1-3-9(4-2-6)10(7)8. The Balaban J connectivity index is 5.19. The number of hydrogen-bond donors (Lipinski definition) is 0. The summed E-state index contributed by atoms with van der Waals surface area (Å²) in [5.41, 5.74) is 0. The van der Waals surface area contributed by atoms with E-state index in [1.807, 2.05) is 0 Å². The predicted molar refractivity (Wildman–Crippen MR) is 32.5 cm³/mol. The first-order valence-corrected chi connectivity index (χ1v) is 4.45. The molecule has 0 heterocycles. The molecule has 0 N–H and O–H groups in total. The van der Waals surface area contributed by atoms with Crippen molar-refractivity contribution in [2.75, 3.05) is 0 Å². The summed E-state index contributed by atoms with van der Waals surface area (Å²) >= 11 is 0. The zero-order valence-corrected chi connectivity index (χ0v) is 5.98. The first-order chi connectivity index (χ1) is 4.72. The third-order valence-corrected chi connectivity index (χ3v) is 2.23. The van der Waals surface area contributed by atoms with Crippen molar-refractivity contribution in [3.05, 3.63) is 0 Å². The van der Waals surface area contributed by atoms with Crippen LogP contribution in [-0.4, -0.2) is 20.6 Å². The van der Waals surface area contributed by atoms with Crippen molar-refractivity contribution in [3.63, 3.8) is 0 Å². The zero-order chi connectivity index (χ0) is 7.98. The summed E-state index contributed by atoms with van der Waals surface area (Å²) in [6.07, 6.45) is 1.91. The fourth-order valence-corrected chi connectivity index (χ4v) is 0.983. The van der Waals surface area contributed by atoms with Crippen LogP contribution in [0.25, 0.3) is 0 Å². The van der Waals surface area contributed by atoms with Crippen molar-refractivity contribution in [1.29, 1.82) is 0 Å². The Morgan fingerprint density at radius 2 is 1.40 bits per heavy atom. The minimum Gasteiger partial charge on any atom is -0.210 e. The molecule has 10 heavy (non-hydrogen) atoms. The molecule has 54 valence electrons. The minimum absolute atomic E-state index is 0.956. The second-order valence-electron chi connectivity index (χ2n) is 0.800. The van der Waals surface area contributed by atoms with E-state index in [0.717, 1.165) is 12.2 Å². The molecule has 0 aliphatic carbocycles. The van der Waals surface area contributed by atoms with Crippen LogP contribution < -0.4 is 0 Å². The average molecular weight is 180 g/mol. The monoisotopic (exact) mass is 180 g/mol. The first kappa shape index (κ1) is 8.93. The zero-order valence-electron chi connectivity index (χ0n) is 4.34. The van der Waals surface area contributed by atoms with Crippen molar-refractivity contribution >= 4 is 31.2 Å². The Labute approximate surface area is 58.7 Å². The Bertz CT molecular complexity index is 313. The molecule has 0 spiro atoms. The molecule has 0 saturated heterocycles. The lowest BCUT2D eigenvalue weighted by molar-refractivity contribution is 0.566. The quantitative estimate of drug-likeness (QED) is 0.398. The molecule has 0 aliphatic rings. The van der Waals surface area contributed by atoms with E-state index in [9.17, 15) is 18.0 Å². The van der Waals surface area contributed by atoms with Gasteiger partial charge in [0.2, 0.25) is 12.2 Å². The Morgan fingerprint density at radius 3 is 1.60 bits per heavy atom. The molecular weight excluding hydrogens is 180 g/mol. The lowest BCUT2D eigenvalue weighted by Gasteiger charge is -1.71. The molecule has 0 bridgehead atoms. The molecule has 0 aromatic rings. The fourth-order valence-electron chi connectivity index (χ4n) is 0.145. The van der Waals surface area contributed by atoms with Gasteiger partial charge in [-0.2, -0.15) is 8.42 Å². The minimum atomic E-state index is -2.68. The van der Waals surface area contributed by atoms with Crippen molar-refractivity contribution in [3.8, 4) is 0 Å². The van der Waals surface area contributed by atoms with Crippen LogP contribution in [0.5, 0.6) is 0 Å². The van der Waals surface area contributed by atoms with Crippen LogP contribution in [-0.2, 0) is 28.7 Å². The molecule has 0 aromatic carbocycles. The van der Waals surface area contributed by atoms with Crippen molar-refractivity contribution in [1.82, 2.24) is 0 Å². The van der Waals surface area contributed by atoms with Crippen LogP contribution in [0, 0.1) is 0 Å². The molecule has 0 aliphatic heterocycles. The van der Waals surface area contributed by atoms with Crippen molar-refractivity contribution < 1.29 is 18.0 Å². The molecule has 0 radical (unpaired) electrons. The SMILES string of the molecule is O=C=NS(N=C=O)=S(=O)=O. The maximum absolute atomic E-state index is 9.95. The van der Waals surface area contributed by atoms with Crippen LogP contribution in [0.4, 0.5) is 0 Å². The third kappa shape index (κ3) is 3.06. The van der Waals surface area contributed by atoms with E-state index in [1.165, 1.54) is 0 Å². The highest BCUT2D eigenvalue weighted by Gasteiger charge is 1.88. The van der Waals surface area contributed by atoms with Gasteiger partial charge in [-0.25, -0.2) is 9.59 Å². The molecule has 0 unspecified atom stereocenters. The number of nitrogens with zero attached hydrogens (tertiary/aromatic N) is 2. The summed E-state index contributed by atoms with van der Waals surface area (Å²) in [5.74, 6) is 0. The first-order valence-electron chi connectivity index (χ1n) is 1.72. The van der Waals surface area contributed by atoms with E-state index in [-0.39, 0.29) is 0 Å². The predicted octanol–water partition coefficient (Wildman–Crippen LogP) is -1.10. The van der Waals surface area contributed by atoms with Crippen LogP contribution in [0.2, 0.25) is 0 Å². The van der Waals surface area contributed by atoms with Gasteiger partial charge in [0.15, 0.2) is 9.83 Å². The Morgan fingerprint density at radius 1 is 1.00 bits per heavy atom. The maximum Gasteiger partial charge on any atom is 0.284 e. The van der Waals surface area contributed by atoms with E-state index in [0.29, 0.717) is 0 Å². The highest BCUT2D eigenvalue weighted by Crippen LogP contribution is 1.83. The van der Waals surface area contributed by atoms with Gasteiger partial charge in [0.1, 0.15) is 0 Å². The highest BCUT2D eigenvalue weighted by molar-refractivity contribution is 8.32. The van der Waals surface area contributed by atoms with Crippen LogP contribution in [0.3, 0.4) is 0 Å². The van der Waals surface area contributed by atoms with Gasteiger partial charge in [0.05, 0.1) is 0 Å². The van der Waals surface area contributed by atoms with Crippen LogP contribution in [0.15, 0.2) is 8.80 Å². The van der Waals surface area contributed by atoms with Gasteiger partial charge in [0.25, 0.3) is 9.26 Å². The van der Waals surface area contributed by atoms with Gasteiger partial charge < -0.3 is 0 Å². The van der Waals surface area contributed by atoms with Gasteiger partial charge >= 0.3 is 0 Å². The van der Waals surface area contributed by atoms with E-state index < -0.39 is 19.1 Å². The maximum atomic E-state index is 9.95. The Hall–Kier alpha value is -1.07. The van der Waals surface area contributed by atoms with E-state index in [2.05, 4.69) is 8.80 Å². The number of rotatable bonds is 2. The molecule has 8 heteroatoms. The topological polar surface area (TPSA) is 93.0 Å². The van der Waals surface area contributed by atoms with Crippen LogP contribution >= 0.6 is 0 Å². The summed E-state index contributed by atoms with van der Waals surface area (Å²) in [6.45, 7) is 0. The fraction of sp³-hybridized carbons (Fsp3) is 0. The molecule has 0 fully saturated rings. The second-order valence-corrected chi connectivity index (χ2v) is 3.75. The largest absolute Gasteiger partial charge is 0.284 e. The van der Waals surface area contributed by atoms with Crippen molar-refractivity contribution in [2.24, 2.45) is 8.80 Å². The van der Waals surface area contributed by atoms with Gasteiger partial charge in [0, 0.05) is 0 Å². The van der Waals surface area contributed by atoms with Gasteiger partial charge in [-0.05, 0) is 0 Å². The number of isocyanates is 2. The molecule has 0 amide bonds. The molecule has 6 nitrogen and oxygen atoms in total. The smallest absolute Gasteiger partial charge is 0.210 e. The Kier molecular flexibility index (Phi) is 4.26. The highest BCUT2D eigenvalue weighted by atomic mass is 32.9. The van der Waals surface area contributed by atoms with Gasteiger partial charge in [-0.15, -0.1) is 8.80 Å². The summed E-state index contributed by atoms with van der Waals surface area (Å²) in [4.78, 5) is 18.9. The van der Waals surface area contributed by atoms with Crippen molar-refractivity contribution in [2.45, 2.75) is 0 Å². The van der Waals surface area contributed by atoms with E-state index in [4.69, 9.17) is 0 Å². The summed E-state index contributed by atoms with van der Waals surface area (Å²) in [5, 5.41) is 0. The third-order valence-electron chi connectivity index (χ3n) is 0.352. The molecular formula is C2N2O4S2. The molecule has 0 aromatic heterocycles. The van der Waals surface area contributed by atoms with Crippen LogP contribution in [0.1, 0.15) is 0 Å². The molecule has 0 atom stereocenters. The van der Waals surface area contributed by atoms with Gasteiger partial charge in [-0.1, -0.05) is 0 Å². The molecule has 0 saturated carbocycles. The molecule has 0 rings (SSSR count). The lowest BCUT2D eigenvalue weighted by atomic mass is 11.7. The van der Waals surface area contributed by atoms with Gasteiger partial charge in [-0.3, -0.25) is 0 Å². The summed E-state index contributed by atoms with van der Waals surface area (Å²) in [7, 11) is -4.64. The average Bonchev–Trinajstić information content (AvgIpc) is 1.87. The van der Waals surface area contributed by atoms with E-state index in [1.54, 1.807) is 0 Å². The van der Waals surface area contributed by atoms with E-state index >= 15 is 0 Å². The summed E-state index contributed by atoms with van der Waals surface area (Å²) < 4.78 is 25.3. The lowest BCUT2D eigenvalue weighted by Crippen LogP contribution is -1.77. The summed E-state index contributed by atoms with van der Waals surface area (Å²) in [6, 6.07) is 0. The number of carbonyl (C=O) groups excluding carboxylic acids is 2.